The second-order valence-corrected chi connectivity index (χ2v) is 10.1. The first-order chi connectivity index (χ1) is 7.60. The molecule has 0 amide bonds. The van der Waals surface area contributed by atoms with E-state index in [0.29, 0.717) is 0 Å². The molecular formula is C12H22O4Si. The van der Waals surface area contributed by atoms with Crippen LogP contribution in [0.3, 0.4) is 0 Å². The molecule has 0 aromatic rings. The molecule has 0 atom stereocenters. The standard InChI is InChI=1S/C12H22O4Si/c1-7-10(13)15-9-8-11(14)16-17(5,6)12(2,3)4/h7H,1,8-9H2,2-6H3. The monoisotopic (exact) mass is 258 g/mol. The summed E-state index contributed by atoms with van der Waals surface area (Å²) in [5.74, 6) is -0.835. The lowest BCUT2D eigenvalue weighted by Gasteiger charge is -2.35. The Hall–Kier alpha value is -1.10. The van der Waals surface area contributed by atoms with Gasteiger partial charge in [0.2, 0.25) is 0 Å². The average molecular weight is 258 g/mol. The number of ether oxygens (including phenoxy) is 1. The Bertz CT molecular complexity index is 302. The lowest BCUT2D eigenvalue weighted by Crippen LogP contribution is -2.42. The van der Waals surface area contributed by atoms with Gasteiger partial charge < -0.3 is 9.16 Å². The van der Waals surface area contributed by atoms with Crippen molar-refractivity contribution in [3.8, 4) is 0 Å². The van der Waals surface area contributed by atoms with E-state index >= 15 is 0 Å². The second-order valence-electron chi connectivity index (χ2n) is 5.36. The summed E-state index contributed by atoms with van der Waals surface area (Å²) in [7, 11) is -2.06. The van der Waals surface area contributed by atoms with Crippen LogP contribution in [0.15, 0.2) is 12.7 Å². The van der Waals surface area contributed by atoms with E-state index in [-0.39, 0.29) is 24.0 Å². The molecule has 5 heteroatoms. The Balaban J connectivity index is 4.11. The second kappa shape index (κ2) is 6.00. The summed E-state index contributed by atoms with van der Waals surface area (Å²) in [6.45, 7) is 13.5. The van der Waals surface area contributed by atoms with E-state index in [1.165, 1.54) is 0 Å². The van der Waals surface area contributed by atoms with Gasteiger partial charge in [-0.05, 0) is 18.1 Å². The first-order valence-electron chi connectivity index (χ1n) is 5.61. The van der Waals surface area contributed by atoms with Crippen LogP contribution in [0.1, 0.15) is 27.2 Å². The Kier molecular flexibility index (Phi) is 5.61. The predicted octanol–water partition coefficient (Wildman–Crippen LogP) is 2.65. The Morgan fingerprint density at radius 1 is 1.29 bits per heavy atom. The molecule has 0 rings (SSSR count). The van der Waals surface area contributed by atoms with E-state index in [1.807, 2.05) is 13.1 Å². The van der Waals surface area contributed by atoms with Crippen molar-refractivity contribution in [1.29, 1.82) is 0 Å². The minimum Gasteiger partial charge on any atom is -0.519 e. The fourth-order valence-electron chi connectivity index (χ4n) is 0.783. The van der Waals surface area contributed by atoms with Crippen LogP contribution >= 0.6 is 0 Å². The average Bonchev–Trinajstić information content (AvgIpc) is 2.14. The van der Waals surface area contributed by atoms with Crippen molar-refractivity contribution >= 4 is 20.3 Å². The molecule has 98 valence electrons. The lowest BCUT2D eigenvalue weighted by atomic mass is 10.2. The minimum absolute atomic E-state index is 0.0134. The van der Waals surface area contributed by atoms with E-state index in [9.17, 15) is 9.59 Å². The molecule has 0 aliphatic carbocycles. The highest BCUT2D eigenvalue weighted by atomic mass is 28.4. The van der Waals surface area contributed by atoms with Crippen LogP contribution in [0, 0.1) is 0 Å². The molecule has 0 aliphatic rings. The van der Waals surface area contributed by atoms with E-state index in [2.05, 4.69) is 27.4 Å². The van der Waals surface area contributed by atoms with Gasteiger partial charge in [0, 0.05) is 6.08 Å². The summed E-state index contributed by atoms with van der Waals surface area (Å²) in [6.07, 6.45) is 1.16. The quantitative estimate of drug-likeness (QED) is 0.432. The van der Waals surface area contributed by atoms with Gasteiger partial charge >= 0.3 is 5.97 Å². The largest absolute Gasteiger partial charge is 0.519 e. The van der Waals surface area contributed by atoms with Crippen molar-refractivity contribution in [2.75, 3.05) is 6.61 Å². The van der Waals surface area contributed by atoms with Gasteiger partial charge in [0.15, 0.2) is 0 Å². The van der Waals surface area contributed by atoms with Crippen molar-refractivity contribution in [3.63, 3.8) is 0 Å². The van der Waals surface area contributed by atoms with Crippen LogP contribution < -0.4 is 0 Å². The summed E-state index contributed by atoms with van der Waals surface area (Å²) in [4.78, 5) is 22.3. The van der Waals surface area contributed by atoms with E-state index < -0.39 is 14.3 Å². The lowest BCUT2D eigenvalue weighted by molar-refractivity contribution is -0.141. The Morgan fingerprint density at radius 3 is 2.24 bits per heavy atom. The molecule has 0 heterocycles. The molecule has 17 heavy (non-hydrogen) atoms. The third-order valence-electron chi connectivity index (χ3n) is 2.89. The van der Waals surface area contributed by atoms with Crippen LogP contribution in [0.2, 0.25) is 18.1 Å². The van der Waals surface area contributed by atoms with Crippen molar-refractivity contribution < 1.29 is 18.8 Å². The summed E-state index contributed by atoms with van der Waals surface area (Å²) in [5, 5.41) is -0.0134. The smallest absolute Gasteiger partial charge is 0.330 e. The van der Waals surface area contributed by atoms with Crippen LogP contribution in [-0.4, -0.2) is 26.9 Å². The first-order valence-corrected chi connectivity index (χ1v) is 8.52. The minimum atomic E-state index is -2.06. The molecule has 0 N–H and O–H groups in total. The molecule has 0 aromatic heterocycles. The van der Waals surface area contributed by atoms with Gasteiger partial charge in [0.1, 0.15) is 6.61 Å². The highest BCUT2D eigenvalue weighted by Gasteiger charge is 2.40. The zero-order chi connectivity index (χ0) is 13.7. The summed E-state index contributed by atoms with van der Waals surface area (Å²) < 4.78 is 10.2. The third-order valence-corrected chi connectivity index (χ3v) is 7.24. The fourth-order valence-corrected chi connectivity index (χ4v) is 1.76. The topological polar surface area (TPSA) is 52.6 Å². The molecule has 0 unspecified atom stereocenters. The van der Waals surface area contributed by atoms with Gasteiger partial charge in [-0.25, -0.2) is 4.79 Å². The summed E-state index contributed by atoms with van der Waals surface area (Å²) in [6, 6.07) is 0. The zero-order valence-corrected chi connectivity index (χ0v) is 12.3. The van der Waals surface area contributed by atoms with E-state index in [4.69, 9.17) is 9.16 Å². The molecule has 0 radical (unpaired) electrons. The number of esters is 1. The van der Waals surface area contributed by atoms with Gasteiger partial charge in [-0.2, -0.15) is 0 Å². The zero-order valence-electron chi connectivity index (χ0n) is 11.3. The first kappa shape index (κ1) is 15.9. The number of hydrogen-bond donors (Lipinski definition) is 0. The molecule has 0 bridgehead atoms. The molecule has 0 saturated heterocycles. The maximum atomic E-state index is 11.6. The van der Waals surface area contributed by atoms with E-state index in [0.717, 1.165) is 6.08 Å². The fraction of sp³-hybridized carbons (Fsp3) is 0.667. The molecule has 0 spiro atoms. The molecule has 4 nitrogen and oxygen atoms in total. The summed E-state index contributed by atoms with van der Waals surface area (Å²) in [5.41, 5.74) is 0. The predicted molar refractivity (Wildman–Crippen MR) is 69.1 cm³/mol. The van der Waals surface area contributed by atoms with Crippen LogP contribution in [0.5, 0.6) is 0 Å². The SMILES string of the molecule is C=CC(=O)OCCC(=O)O[Si](C)(C)C(C)(C)C. The number of carbonyl (C=O) groups is 2. The Morgan fingerprint density at radius 2 is 1.82 bits per heavy atom. The van der Waals surface area contributed by atoms with Crippen molar-refractivity contribution in [3.05, 3.63) is 12.7 Å². The third kappa shape index (κ3) is 5.67. The van der Waals surface area contributed by atoms with Gasteiger partial charge in [-0.15, -0.1) is 0 Å². The van der Waals surface area contributed by atoms with Gasteiger partial charge in [0.25, 0.3) is 14.3 Å². The molecule has 0 saturated carbocycles. The van der Waals surface area contributed by atoms with Crippen LogP contribution in [0.4, 0.5) is 0 Å². The Labute approximate surface area is 104 Å². The van der Waals surface area contributed by atoms with Crippen LogP contribution in [-0.2, 0) is 18.8 Å². The van der Waals surface area contributed by atoms with Gasteiger partial charge in [-0.1, -0.05) is 27.4 Å². The molecule has 0 fully saturated rings. The number of rotatable bonds is 5. The summed E-state index contributed by atoms with van der Waals surface area (Å²) >= 11 is 0. The van der Waals surface area contributed by atoms with Crippen molar-refractivity contribution in [2.24, 2.45) is 0 Å². The number of carbonyl (C=O) groups excluding carboxylic acids is 2. The maximum Gasteiger partial charge on any atom is 0.330 e. The number of hydrogen-bond acceptors (Lipinski definition) is 4. The molecule has 0 aromatic carbocycles. The highest BCUT2D eigenvalue weighted by Crippen LogP contribution is 2.36. The van der Waals surface area contributed by atoms with Crippen LogP contribution in [0.25, 0.3) is 0 Å². The van der Waals surface area contributed by atoms with Crippen molar-refractivity contribution in [2.45, 2.75) is 45.3 Å². The maximum absolute atomic E-state index is 11.6. The molecule has 0 aliphatic heterocycles. The highest BCUT2D eigenvalue weighted by molar-refractivity contribution is 6.75. The van der Waals surface area contributed by atoms with Gasteiger partial charge in [0.05, 0.1) is 6.42 Å². The molecular weight excluding hydrogens is 236 g/mol. The van der Waals surface area contributed by atoms with E-state index in [1.54, 1.807) is 0 Å². The van der Waals surface area contributed by atoms with Crippen molar-refractivity contribution in [1.82, 2.24) is 0 Å². The van der Waals surface area contributed by atoms with Gasteiger partial charge in [-0.3, -0.25) is 4.79 Å². The normalized spacial score (nSPS) is 11.8.